The quantitative estimate of drug-likeness (QED) is 0.168. The number of hydrogen-bond donors (Lipinski definition) is 0. The van der Waals surface area contributed by atoms with E-state index in [1.165, 1.54) is 22.2 Å². The Labute approximate surface area is 284 Å². The van der Waals surface area contributed by atoms with Crippen LogP contribution in [0.2, 0.25) is 0 Å². The molecule has 0 atom stereocenters. The van der Waals surface area contributed by atoms with Crippen LogP contribution in [0, 0.1) is 17.5 Å². The molecule has 0 spiro atoms. The summed E-state index contributed by atoms with van der Waals surface area (Å²) in [5.41, 5.74) is 11.0. The minimum atomic E-state index is -0.0911. The first-order valence-electron chi connectivity index (χ1n) is 15.6. The number of benzene rings is 4. The SMILES string of the molecule is CC(C)(C)Cc1ccnc(-c2[c-]ccc3c2oc2ccccc23)c1.CC1=CC(C)(C)n2c(-c3[c-]cccc3)nc3cccc1c32.[Ir]. The van der Waals surface area contributed by atoms with Crippen LogP contribution in [0.1, 0.15) is 52.7 Å². The van der Waals surface area contributed by atoms with Crippen LogP contribution < -0.4 is 0 Å². The summed E-state index contributed by atoms with van der Waals surface area (Å²) >= 11 is 0. The number of allylic oxidation sites excluding steroid dienone is 2. The van der Waals surface area contributed by atoms with E-state index in [1.54, 1.807) is 0 Å². The van der Waals surface area contributed by atoms with Crippen LogP contribution in [0.15, 0.2) is 108 Å². The predicted octanol–water partition coefficient (Wildman–Crippen LogP) is 10.7. The van der Waals surface area contributed by atoms with Crippen molar-refractivity contribution in [2.24, 2.45) is 5.41 Å². The largest absolute Gasteiger partial charge is 0.501 e. The monoisotopic (exact) mass is 780 g/mol. The molecule has 46 heavy (non-hydrogen) atoms. The average Bonchev–Trinajstić information content (AvgIpc) is 3.60. The standard InChI is InChI=1S/C22H20NO.C19H17N2.Ir/c1-22(2,3)14-15-11-12-23-19(13-15)18-9-6-8-17-16-7-4-5-10-20(16)24-21(17)18;1-13-12-19(2,3)21-17-15(13)10-7-11-16(17)20-18(21)14-8-5-4-6-9-14;/h4-8,10-13H,14H2,1-3H3;4-8,10-12H,1-3H3;/q2*-1;. The second-order valence-corrected chi connectivity index (χ2v) is 13.7. The summed E-state index contributed by atoms with van der Waals surface area (Å²) in [7, 11) is 0. The van der Waals surface area contributed by atoms with Crippen LogP contribution >= 0.6 is 0 Å². The van der Waals surface area contributed by atoms with Crippen molar-refractivity contribution in [3.8, 4) is 22.6 Å². The summed E-state index contributed by atoms with van der Waals surface area (Å²) in [6.07, 6.45) is 5.22. The maximum absolute atomic E-state index is 6.11. The number of rotatable bonds is 3. The van der Waals surface area contributed by atoms with Gasteiger partial charge in [-0.05, 0) is 62.1 Å². The van der Waals surface area contributed by atoms with Gasteiger partial charge in [-0.15, -0.1) is 54.1 Å². The molecule has 0 saturated carbocycles. The fourth-order valence-electron chi connectivity index (χ4n) is 6.61. The van der Waals surface area contributed by atoms with Crippen LogP contribution in [-0.2, 0) is 32.1 Å². The fraction of sp³-hybridized carbons (Fsp3) is 0.220. The van der Waals surface area contributed by atoms with Crippen molar-refractivity contribution in [2.45, 2.75) is 53.5 Å². The molecule has 0 N–H and O–H groups in total. The first-order valence-corrected chi connectivity index (χ1v) is 15.6. The van der Waals surface area contributed by atoms with Gasteiger partial charge in [0.25, 0.3) is 0 Å². The normalized spacial score (nSPS) is 13.7. The Hall–Kier alpha value is -4.31. The van der Waals surface area contributed by atoms with Gasteiger partial charge in [-0.1, -0.05) is 79.8 Å². The van der Waals surface area contributed by atoms with Crippen LogP contribution in [-0.4, -0.2) is 14.5 Å². The van der Waals surface area contributed by atoms with Crippen molar-refractivity contribution in [3.05, 3.63) is 127 Å². The zero-order valence-corrected chi connectivity index (χ0v) is 29.5. The Morgan fingerprint density at radius 1 is 0.870 bits per heavy atom. The molecule has 0 bridgehead atoms. The molecule has 0 unspecified atom stereocenters. The topological polar surface area (TPSA) is 43.9 Å². The number of para-hydroxylation sites is 2. The molecule has 1 radical (unpaired) electrons. The minimum absolute atomic E-state index is 0. The molecular formula is C41H37IrN3O-2. The molecule has 1 aliphatic heterocycles. The Balaban J connectivity index is 0.000000159. The summed E-state index contributed by atoms with van der Waals surface area (Å²) in [5.74, 6) is 0.992. The van der Waals surface area contributed by atoms with E-state index in [0.29, 0.717) is 0 Å². The average molecular weight is 780 g/mol. The summed E-state index contributed by atoms with van der Waals surface area (Å²) in [6, 6.07) is 37.4. The van der Waals surface area contributed by atoms with Gasteiger partial charge in [0.15, 0.2) is 0 Å². The second-order valence-electron chi connectivity index (χ2n) is 13.7. The smallest absolute Gasteiger partial charge is 0.120 e. The molecule has 5 heteroatoms. The van der Waals surface area contributed by atoms with E-state index < -0.39 is 0 Å². The van der Waals surface area contributed by atoms with Gasteiger partial charge in [-0.3, -0.25) is 4.98 Å². The third-order valence-electron chi connectivity index (χ3n) is 8.35. The zero-order valence-electron chi connectivity index (χ0n) is 27.1. The molecule has 233 valence electrons. The third kappa shape index (κ3) is 5.86. The molecule has 0 fully saturated rings. The summed E-state index contributed by atoms with van der Waals surface area (Å²) in [5, 5.41) is 2.25. The van der Waals surface area contributed by atoms with E-state index >= 15 is 0 Å². The molecular weight excluding hydrogens is 743 g/mol. The van der Waals surface area contributed by atoms with Gasteiger partial charge in [-0.25, -0.2) is 0 Å². The first kappa shape index (κ1) is 31.7. The summed E-state index contributed by atoms with van der Waals surface area (Å²) < 4.78 is 8.45. The van der Waals surface area contributed by atoms with Gasteiger partial charge in [0, 0.05) is 37.3 Å². The van der Waals surface area contributed by atoms with Crippen LogP contribution in [0.25, 0.3) is 61.2 Å². The fourth-order valence-corrected chi connectivity index (χ4v) is 6.61. The van der Waals surface area contributed by atoms with Gasteiger partial charge in [0.05, 0.1) is 28.0 Å². The van der Waals surface area contributed by atoms with Crippen molar-refractivity contribution in [1.82, 2.24) is 14.5 Å². The van der Waals surface area contributed by atoms with Crippen LogP contribution in [0.3, 0.4) is 0 Å². The molecule has 4 nitrogen and oxygen atoms in total. The summed E-state index contributed by atoms with van der Waals surface area (Å²) in [6.45, 7) is 13.4. The number of furan rings is 1. The van der Waals surface area contributed by atoms with E-state index in [-0.39, 0.29) is 31.1 Å². The predicted molar refractivity (Wildman–Crippen MR) is 186 cm³/mol. The molecule has 8 rings (SSSR count). The maximum Gasteiger partial charge on any atom is 0.120 e. The molecule has 1 aliphatic rings. The van der Waals surface area contributed by atoms with Crippen molar-refractivity contribution in [1.29, 1.82) is 0 Å². The number of pyridine rings is 1. The van der Waals surface area contributed by atoms with E-state index in [9.17, 15) is 0 Å². The van der Waals surface area contributed by atoms with Crippen molar-refractivity contribution in [2.75, 3.05) is 0 Å². The van der Waals surface area contributed by atoms with Crippen molar-refractivity contribution >= 4 is 38.5 Å². The minimum Gasteiger partial charge on any atom is -0.501 e. The molecule has 3 aromatic heterocycles. The molecule has 0 amide bonds. The zero-order chi connectivity index (χ0) is 31.3. The Kier molecular flexibility index (Phi) is 8.35. The molecule has 4 aromatic carbocycles. The van der Waals surface area contributed by atoms with Gasteiger partial charge in [-0.2, -0.15) is 0 Å². The Morgan fingerprint density at radius 2 is 1.67 bits per heavy atom. The van der Waals surface area contributed by atoms with Gasteiger partial charge < -0.3 is 14.0 Å². The van der Waals surface area contributed by atoms with Gasteiger partial charge >= 0.3 is 0 Å². The third-order valence-corrected chi connectivity index (χ3v) is 8.35. The van der Waals surface area contributed by atoms with Gasteiger partial charge in [0.1, 0.15) is 5.58 Å². The van der Waals surface area contributed by atoms with Gasteiger partial charge in [0.2, 0.25) is 0 Å². The van der Waals surface area contributed by atoms with E-state index in [4.69, 9.17) is 9.40 Å². The number of imidazole rings is 1. The Morgan fingerprint density at radius 3 is 2.46 bits per heavy atom. The second kappa shape index (κ2) is 12.1. The van der Waals surface area contributed by atoms with Crippen LogP contribution in [0.4, 0.5) is 0 Å². The van der Waals surface area contributed by atoms with Crippen molar-refractivity contribution < 1.29 is 24.5 Å². The van der Waals surface area contributed by atoms with E-state index in [2.05, 4.69) is 118 Å². The summed E-state index contributed by atoms with van der Waals surface area (Å²) in [4.78, 5) is 9.45. The van der Waals surface area contributed by atoms with Crippen LogP contribution in [0.5, 0.6) is 0 Å². The van der Waals surface area contributed by atoms with Crippen molar-refractivity contribution in [3.63, 3.8) is 0 Å². The molecule has 0 aliphatic carbocycles. The Bertz CT molecular complexity index is 2210. The molecule has 4 heterocycles. The molecule has 7 aromatic rings. The number of nitrogens with zero attached hydrogens (tertiary/aromatic N) is 3. The number of hydrogen-bond acceptors (Lipinski definition) is 3. The first-order chi connectivity index (χ1) is 21.6. The maximum atomic E-state index is 6.11. The van der Waals surface area contributed by atoms with E-state index in [1.807, 2.05) is 48.7 Å². The number of aromatic nitrogens is 3. The van der Waals surface area contributed by atoms with E-state index in [0.717, 1.165) is 56.5 Å². The number of fused-ring (bicyclic) bond motifs is 3. The molecule has 0 saturated heterocycles.